The van der Waals surface area contributed by atoms with Crippen molar-refractivity contribution in [3.63, 3.8) is 0 Å². The van der Waals surface area contributed by atoms with Gasteiger partial charge in [0, 0.05) is 75.5 Å². The molecule has 15 heteroatoms. The van der Waals surface area contributed by atoms with E-state index in [2.05, 4.69) is 15.2 Å². The van der Waals surface area contributed by atoms with Crippen LogP contribution < -0.4 is 10.2 Å². The highest BCUT2D eigenvalue weighted by Crippen LogP contribution is 2.29. The van der Waals surface area contributed by atoms with Crippen molar-refractivity contribution in [3.8, 4) is 0 Å². The Hall–Kier alpha value is -3.10. The molecule has 1 aromatic heterocycles. The van der Waals surface area contributed by atoms with E-state index < -0.39 is 24.3 Å². The Kier molecular flexibility index (Phi) is 12.5. The smallest absolute Gasteiger partial charge is 0.384 e. The standard InChI is InChI=1S/C23H31F6N5O.C2H5NO2/c1-17(6-8-22(24,25)26)31-19-7-10-34(16-19)21(35)3-2-9-32-11-13-33(14-12-32)20-5-4-18(15-30-20)23(27,28)29;1-2-3(4)5/h4-6,15,19,31H,2-3,7-14,16H2,1H3;2H2,1H3/b17-6+;/t19-;/m1./s1. The summed E-state index contributed by atoms with van der Waals surface area (Å²) in [6.07, 6.45) is -5.84. The highest BCUT2D eigenvalue weighted by molar-refractivity contribution is 5.76. The van der Waals surface area contributed by atoms with E-state index in [4.69, 9.17) is 0 Å². The molecule has 1 aromatic rings. The fourth-order valence-electron chi connectivity index (χ4n) is 4.31. The van der Waals surface area contributed by atoms with Crippen LogP contribution in [-0.2, 0) is 11.0 Å². The average molecular weight is 583 g/mol. The molecule has 1 amide bonds. The van der Waals surface area contributed by atoms with Crippen molar-refractivity contribution in [3.05, 3.63) is 45.8 Å². The summed E-state index contributed by atoms with van der Waals surface area (Å²) in [5, 5.41) is 12.2. The largest absolute Gasteiger partial charge is 0.417 e. The number of alkyl halides is 6. The highest BCUT2D eigenvalue weighted by atomic mass is 19.4. The van der Waals surface area contributed by atoms with Gasteiger partial charge in [-0.15, -0.1) is 0 Å². The van der Waals surface area contributed by atoms with E-state index in [0.29, 0.717) is 57.0 Å². The first-order valence-corrected chi connectivity index (χ1v) is 13.1. The predicted molar refractivity (Wildman–Crippen MR) is 137 cm³/mol. The third-order valence-corrected chi connectivity index (χ3v) is 6.51. The molecule has 40 heavy (non-hydrogen) atoms. The van der Waals surface area contributed by atoms with Gasteiger partial charge in [-0.1, -0.05) is 6.08 Å². The zero-order valence-corrected chi connectivity index (χ0v) is 22.6. The summed E-state index contributed by atoms with van der Waals surface area (Å²) >= 11 is 0. The van der Waals surface area contributed by atoms with Gasteiger partial charge in [0.1, 0.15) is 5.82 Å². The van der Waals surface area contributed by atoms with Crippen LogP contribution in [0.4, 0.5) is 32.2 Å². The lowest BCUT2D eigenvalue weighted by Crippen LogP contribution is -2.47. The summed E-state index contributed by atoms with van der Waals surface area (Å²) in [5.74, 6) is 0.562. The Labute approximate surface area is 229 Å². The minimum absolute atomic E-state index is 0.0278. The molecule has 0 unspecified atom stereocenters. The number of rotatable bonds is 9. The SMILES string of the molecule is C/C(=C\CC(F)(F)F)N[C@@H]1CCN(C(=O)CCCN2CCN(c3ccc(C(F)(F)F)cn3)CC2)C1.CC[N+](=O)[O-]. The van der Waals surface area contributed by atoms with Gasteiger partial charge in [-0.2, -0.15) is 26.3 Å². The van der Waals surface area contributed by atoms with Crippen LogP contribution in [0.5, 0.6) is 0 Å². The summed E-state index contributed by atoms with van der Waals surface area (Å²) in [4.78, 5) is 31.2. The minimum atomic E-state index is -4.40. The molecule has 1 N–H and O–H groups in total. The van der Waals surface area contributed by atoms with Crippen LogP contribution >= 0.6 is 0 Å². The fraction of sp³-hybridized carbons (Fsp3) is 0.680. The lowest BCUT2D eigenvalue weighted by molar-refractivity contribution is -0.475. The lowest BCUT2D eigenvalue weighted by atomic mass is 10.2. The van der Waals surface area contributed by atoms with Crippen LogP contribution in [0.3, 0.4) is 0 Å². The normalized spacial score (nSPS) is 18.8. The number of halogens is 6. The highest BCUT2D eigenvalue weighted by Gasteiger charge is 2.31. The van der Waals surface area contributed by atoms with Crippen molar-refractivity contribution in [1.82, 2.24) is 20.1 Å². The van der Waals surface area contributed by atoms with Crippen LogP contribution in [-0.4, -0.2) is 90.2 Å². The monoisotopic (exact) mass is 582 g/mol. The number of nitrogens with zero attached hydrogens (tertiary/aromatic N) is 5. The number of likely N-dealkylation sites (tertiary alicyclic amines) is 1. The van der Waals surface area contributed by atoms with Crippen molar-refractivity contribution < 1.29 is 36.1 Å². The van der Waals surface area contributed by atoms with Gasteiger partial charge in [-0.3, -0.25) is 19.8 Å². The summed E-state index contributed by atoms with van der Waals surface area (Å²) in [7, 11) is 0. The number of piperazine rings is 1. The quantitative estimate of drug-likeness (QED) is 0.263. The minimum Gasteiger partial charge on any atom is -0.384 e. The van der Waals surface area contributed by atoms with Crippen molar-refractivity contribution >= 4 is 11.7 Å². The number of aromatic nitrogens is 1. The maximum Gasteiger partial charge on any atom is 0.417 e. The maximum absolute atomic E-state index is 12.7. The molecule has 0 aliphatic carbocycles. The molecule has 2 aliphatic heterocycles. The van der Waals surface area contributed by atoms with E-state index in [-0.39, 0.29) is 23.4 Å². The van der Waals surface area contributed by atoms with Crippen LogP contribution in [0.15, 0.2) is 30.1 Å². The first kappa shape index (κ1) is 33.1. The molecule has 0 radical (unpaired) electrons. The zero-order chi connectivity index (χ0) is 29.9. The molecule has 2 fully saturated rings. The molecular weight excluding hydrogens is 546 g/mol. The number of carbonyl (C=O) groups excluding carboxylic acids is 1. The second-order valence-electron chi connectivity index (χ2n) is 9.66. The summed E-state index contributed by atoms with van der Waals surface area (Å²) < 4.78 is 75.1. The topological polar surface area (TPSA) is 94.9 Å². The first-order chi connectivity index (χ1) is 18.7. The van der Waals surface area contributed by atoms with E-state index in [1.807, 2.05) is 4.90 Å². The van der Waals surface area contributed by atoms with Crippen molar-refractivity contribution in [1.29, 1.82) is 0 Å². The molecule has 3 heterocycles. The Morgan fingerprint density at radius 3 is 2.33 bits per heavy atom. The maximum atomic E-state index is 12.7. The molecule has 1 atom stereocenters. The summed E-state index contributed by atoms with van der Waals surface area (Å²) in [5.41, 5.74) is -0.301. The van der Waals surface area contributed by atoms with Gasteiger partial charge in [-0.05, 0) is 38.4 Å². The summed E-state index contributed by atoms with van der Waals surface area (Å²) in [6.45, 7) is 7.70. The van der Waals surface area contributed by atoms with Gasteiger partial charge < -0.3 is 15.1 Å². The van der Waals surface area contributed by atoms with Gasteiger partial charge in [0.2, 0.25) is 12.5 Å². The lowest BCUT2D eigenvalue weighted by Gasteiger charge is -2.35. The van der Waals surface area contributed by atoms with Crippen LogP contribution in [0.1, 0.15) is 45.1 Å². The molecule has 9 nitrogen and oxygen atoms in total. The number of allylic oxidation sites excluding steroid dienone is 2. The second kappa shape index (κ2) is 15.1. The Bertz CT molecular complexity index is 979. The molecule has 0 aromatic carbocycles. The molecule has 2 aliphatic rings. The van der Waals surface area contributed by atoms with Gasteiger partial charge in [0.05, 0.1) is 12.0 Å². The zero-order valence-electron chi connectivity index (χ0n) is 22.6. The predicted octanol–water partition coefficient (Wildman–Crippen LogP) is 4.33. The number of anilines is 1. The number of carbonyl (C=O) groups is 1. The Morgan fingerprint density at radius 1 is 1.15 bits per heavy atom. The Morgan fingerprint density at radius 2 is 1.80 bits per heavy atom. The van der Waals surface area contributed by atoms with E-state index in [1.54, 1.807) is 11.8 Å². The van der Waals surface area contributed by atoms with Crippen LogP contribution in [0.2, 0.25) is 0 Å². The molecule has 3 rings (SSSR count). The van der Waals surface area contributed by atoms with Crippen LogP contribution in [0.25, 0.3) is 0 Å². The Balaban J connectivity index is 0.00000103. The second-order valence-corrected chi connectivity index (χ2v) is 9.66. The molecule has 0 spiro atoms. The van der Waals surface area contributed by atoms with E-state index in [1.165, 1.54) is 13.0 Å². The number of nitro groups is 1. The van der Waals surface area contributed by atoms with Gasteiger partial charge in [0.25, 0.3) is 0 Å². The van der Waals surface area contributed by atoms with Crippen LogP contribution in [0, 0.1) is 10.1 Å². The first-order valence-electron chi connectivity index (χ1n) is 13.1. The van der Waals surface area contributed by atoms with Crippen molar-refractivity contribution in [2.75, 3.05) is 57.3 Å². The van der Waals surface area contributed by atoms with Gasteiger partial charge in [-0.25, -0.2) is 4.98 Å². The van der Waals surface area contributed by atoms with Gasteiger partial charge >= 0.3 is 12.4 Å². The summed E-state index contributed by atoms with van der Waals surface area (Å²) in [6, 6.07) is 2.39. The molecular formula is C25H36F6N6O3. The van der Waals surface area contributed by atoms with Gasteiger partial charge in [0.15, 0.2) is 0 Å². The van der Waals surface area contributed by atoms with Crippen molar-refractivity contribution in [2.45, 2.75) is 57.9 Å². The van der Waals surface area contributed by atoms with E-state index in [0.717, 1.165) is 38.0 Å². The number of nitrogens with one attached hydrogen (secondary N) is 1. The number of hydrogen-bond acceptors (Lipinski definition) is 7. The third kappa shape index (κ3) is 12.0. The fourth-order valence-corrected chi connectivity index (χ4v) is 4.31. The molecule has 0 bridgehead atoms. The molecule has 2 saturated heterocycles. The van der Waals surface area contributed by atoms with E-state index in [9.17, 15) is 41.3 Å². The van der Waals surface area contributed by atoms with Crippen molar-refractivity contribution in [2.24, 2.45) is 0 Å². The average Bonchev–Trinajstić information content (AvgIpc) is 3.36. The van der Waals surface area contributed by atoms with E-state index >= 15 is 0 Å². The molecule has 226 valence electrons. The number of pyridine rings is 1. The number of hydrogen-bond donors (Lipinski definition) is 1. The molecule has 0 saturated carbocycles. The number of amides is 1. The third-order valence-electron chi connectivity index (χ3n) is 6.51.